The van der Waals surface area contributed by atoms with Crippen LogP contribution in [0, 0.1) is 22.7 Å². The highest BCUT2D eigenvalue weighted by Crippen LogP contribution is 2.62. The largest absolute Gasteiger partial charge is 0.481 e. The molecule has 0 aromatic rings. The summed E-state index contributed by atoms with van der Waals surface area (Å²) in [7, 11) is 0. The molecule has 1 saturated heterocycles. The van der Waals surface area contributed by atoms with Crippen molar-refractivity contribution in [3.05, 3.63) is 0 Å². The fraction of sp³-hybridized carbons (Fsp3) is 0.889. The predicted molar refractivity (Wildman–Crippen MR) is 88.1 cm³/mol. The Labute approximate surface area is 139 Å². The molecule has 1 amide bonds. The van der Waals surface area contributed by atoms with Gasteiger partial charge in [-0.1, -0.05) is 27.7 Å². The zero-order valence-electron chi connectivity index (χ0n) is 15.5. The third-order valence-corrected chi connectivity index (χ3v) is 5.33. The van der Waals surface area contributed by atoms with E-state index in [1.54, 1.807) is 4.90 Å². The van der Waals surface area contributed by atoms with E-state index in [-0.39, 0.29) is 34.8 Å². The van der Waals surface area contributed by atoms with Crippen LogP contribution < -0.4 is 0 Å². The maximum Gasteiger partial charge on any atom is 0.410 e. The van der Waals surface area contributed by atoms with Gasteiger partial charge in [0.2, 0.25) is 0 Å². The Balaban J connectivity index is 2.23. The average molecular weight is 325 g/mol. The third-order valence-electron chi connectivity index (χ3n) is 5.33. The first-order valence-corrected chi connectivity index (χ1v) is 8.49. The second-order valence-electron chi connectivity index (χ2n) is 9.54. The number of carbonyl (C=O) groups is 2. The lowest BCUT2D eigenvalue weighted by Gasteiger charge is -2.44. The summed E-state index contributed by atoms with van der Waals surface area (Å²) in [6, 6.07) is -0.0472. The molecule has 132 valence electrons. The summed E-state index contributed by atoms with van der Waals surface area (Å²) in [5.41, 5.74) is -0.780. The number of carboxylic acid groups (broad SMARTS) is 1. The second-order valence-corrected chi connectivity index (χ2v) is 9.54. The van der Waals surface area contributed by atoms with Gasteiger partial charge in [-0.3, -0.25) is 4.79 Å². The van der Waals surface area contributed by atoms with E-state index in [4.69, 9.17) is 4.74 Å². The van der Waals surface area contributed by atoms with Crippen molar-refractivity contribution in [1.82, 2.24) is 4.90 Å². The molecule has 1 aliphatic heterocycles. The van der Waals surface area contributed by atoms with Crippen molar-refractivity contribution in [3.8, 4) is 0 Å². The summed E-state index contributed by atoms with van der Waals surface area (Å²) in [5, 5.41) is 9.47. The maximum atomic E-state index is 12.7. The molecular formula is C18H31NO4. The minimum atomic E-state index is -0.756. The Morgan fingerprint density at radius 1 is 1.17 bits per heavy atom. The fourth-order valence-electron chi connectivity index (χ4n) is 4.11. The first-order valence-electron chi connectivity index (χ1n) is 8.49. The molecule has 1 saturated carbocycles. The molecule has 0 aromatic heterocycles. The number of nitrogens with zero attached hydrogens (tertiary/aromatic N) is 1. The lowest BCUT2D eigenvalue weighted by Crippen LogP contribution is -2.52. The van der Waals surface area contributed by atoms with Gasteiger partial charge in [0.05, 0.1) is 5.92 Å². The molecule has 3 atom stereocenters. The number of rotatable bonds is 2. The number of hydrogen-bond donors (Lipinski definition) is 1. The fourth-order valence-corrected chi connectivity index (χ4v) is 4.11. The Hall–Kier alpha value is -1.26. The van der Waals surface area contributed by atoms with Crippen molar-refractivity contribution in [2.75, 3.05) is 6.54 Å². The maximum absolute atomic E-state index is 12.7. The summed E-state index contributed by atoms with van der Waals surface area (Å²) in [6.07, 6.45) is 1.52. The van der Waals surface area contributed by atoms with Crippen LogP contribution in [0.2, 0.25) is 0 Å². The molecule has 0 spiro atoms. The van der Waals surface area contributed by atoms with E-state index < -0.39 is 11.6 Å². The van der Waals surface area contributed by atoms with E-state index >= 15 is 0 Å². The molecule has 1 N–H and O–H groups in total. The van der Waals surface area contributed by atoms with Crippen molar-refractivity contribution in [3.63, 3.8) is 0 Å². The molecule has 0 radical (unpaired) electrons. The number of piperidine rings is 1. The van der Waals surface area contributed by atoms with E-state index in [1.165, 1.54) is 0 Å². The van der Waals surface area contributed by atoms with Crippen LogP contribution in [-0.2, 0) is 9.53 Å². The molecule has 0 bridgehead atoms. The lowest BCUT2D eigenvalue weighted by atomic mass is 9.79. The third kappa shape index (κ3) is 3.64. The zero-order chi connectivity index (χ0) is 17.8. The number of aliphatic carboxylic acids is 1. The SMILES string of the molecule is CC1(C)CCC([C@@H]2[C@@H](C(=O)O)C2(C)C)N(C(=O)OC(C)(C)C)C1. The monoisotopic (exact) mass is 325 g/mol. The highest BCUT2D eigenvalue weighted by molar-refractivity contribution is 5.76. The van der Waals surface area contributed by atoms with Gasteiger partial charge in [0, 0.05) is 12.6 Å². The summed E-state index contributed by atoms with van der Waals surface area (Å²) in [6.45, 7) is 14.5. The van der Waals surface area contributed by atoms with Crippen molar-refractivity contribution >= 4 is 12.1 Å². The van der Waals surface area contributed by atoms with Gasteiger partial charge < -0.3 is 14.7 Å². The van der Waals surface area contributed by atoms with Gasteiger partial charge in [-0.05, 0) is 50.4 Å². The Bertz CT molecular complexity index is 504. The molecule has 1 aliphatic carbocycles. The van der Waals surface area contributed by atoms with Crippen LogP contribution in [0.15, 0.2) is 0 Å². The molecule has 1 heterocycles. The van der Waals surface area contributed by atoms with Gasteiger partial charge in [-0.2, -0.15) is 0 Å². The molecule has 0 aromatic carbocycles. The van der Waals surface area contributed by atoms with Crippen LogP contribution in [-0.4, -0.2) is 40.3 Å². The van der Waals surface area contributed by atoms with Crippen LogP contribution >= 0.6 is 0 Å². The van der Waals surface area contributed by atoms with Gasteiger partial charge >= 0.3 is 12.1 Å². The topological polar surface area (TPSA) is 66.8 Å². The first kappa shape index (κ1) is 18.1. The van der Waals surface area contributed by atoms with Gasteiger partial charge in [-0.25, -0.2) is 4.79 Å². The summed E-state index contributed by atoms with van der Waals surface area (Å²) in [4.78, 5) is 26.0. The number of carbonyl (C=O) groups excluding carboxylic acids is 1. The molecule has 5 nitrogen and oxygen atoms in total. The lowest BCUT2D eigenvalue weighted by molar-refractivity contribution is -0.139. The van der Waals surface area contributed by atoms with Gasteiger partial charge in [0.25, 0.3) is 0 Å². The highest BCUT2D eigenvalue weighted by Gasteiger charge is 2.66. The molecule has 2 fully saturated rings. The second kappa shape index (κ2) is 5.38. The van der Waals surface area contributed by atoms with Crippen LogP contribution in [0.3, 0.4) is 0 Å². The molecule has 2 rings (SSSR count). The number of hydrogen-bond acceptors (Lipinski definition) is 3. The normalized spacial score (nSPS) is 32.3. The zero-order valence-corrected chi connectivity index (χ0v) is 15.5. The number of likely N-dealkylation sites (tertiary alicyclic amines) is 1. The van der Waals surface area contributed by atoms with Gasteiger partial charge in [-0.15, -0.1) is 0 Å². The summed E-state index contributed by atoms with van der Waals surface area (Å²) >= 11 is 0. The Morgan fingerprint density at radius 2 is 1.74 bits per heavy atom. The smallest absolute Gasteiger partial charge is 0.410 e. The molecule has 23 heavy (non-hydrogen) atoms. The van der Waals surface area contributed by atoms with E-state index in [1.807, 2.05) is 34.6 Å². The van der Waals surface area contributed by atoms with E-state index in [0.29, 0.717) is 6.54 Å². The first-order chi connectivity index (χ1) is 10.3. The quantitative estimate of drug-likeness (QED) is 0.839. The minimum absolute atomic E-state index is 0.00335. The minimum Gasteiger partial charge on any atom is -0.481 e. The Morgan fingerprint density at radius 3 is 2.17 bits per heavy atom. The van der Waals surface area contributed by atoms with Crippen molar-refractivity contribution in [1.29, 1.82) is 0 Å². The molecule has 1 unspecified atom stereocenters. The van der Waals surface area contributed by atoms with Crippen LogP contribution in [0.1, 0.15) is 61.3 Å². The summed E-state index contributed by atoms with van der Waals surface area (Å²) in [5.74, 6) is -1.13. The van der Waals surface area contributed by atoms with Crippen LogP contribution in [0.25, 0.3) is 0 Å². The van der Waals surface area contributed by atoms with Crippen LogP contribution in [0.4, 0.5) is 4.79 Å². The molecule has 5 heteroatoms. The predicted octanol–water partition coefficient (Wildman–Crippen LogP) is 3.77. The standard InChI is InChI=1S/C18H31NO4/c1-16(2,3)23-15(22)19-10-17(4,5)9-8-11(19)12-13(14(20)21)18(12,6)7/h11-13H,8-10H2,1-7H3,(H,20,21)/t11?,12-,13+/m1/s1. The van der Waals surface area contributed by atoms with Crippen molar-refractivity contribution in [2.45, 2.75) is 73.0 Å². The molecular weight excluding hydrogens is 294 g/mol. The van der Waals surface area contributed by atoms with E-state index in [9.17, 15) is 14.7 Å². The van der Waals surface area contributed by atoms with E-state index in [2.05, 4.69) is 13.8 Å². The number of ether oxygens (including phenoxy) is 1. The average Bonchev–Trinajstić information content (AvgIpc) is 2.89. The van der Waals surface area contributed by atoms with Gasteiger partial charge in [0.15, 0.2) is 0 Å². The van der Waals surface area contributed by atoms with Gasteiger partial charge in [0.1, 0.15) is 5.60 Å². The van der Waals surface area contributed by atoms with E-state index in [0.717, 1.165) is 12.8 Å². The molecule has 2 aliphatic rings. The van der Waals surface area contributed by atoms with Crippen molar-refractivity contribution < 1.29 is 19.4 Å². The highest BCUT2D eigenvalue weighted by atomic mass is 16.6. The summed E-state index contributed by atoms with van der Waals surface area (Å²) < 4.78 is 5.58. The van der Waals surface area contributed by atoms with Crippen molar-refractivity contribution in [2.24, 2.45) is 22.7 Å². The number of amides is 1. The number of carboxylic acids is 1. The Kier molecular flexibility index (Phi) is 4.23. The van der Waals surface area contributed by atoms with Crippen LogP contribution in [0.5, 0.6) is 0 Å².